The van der Waals surface area contributed by atoms with Gasteiger partial charge in [-0.2, -0.15) is 0 Å². The topological polar surface area (TPSA) is 25.8 Å². The summed E-state index contributed by atoms with van der Waals surface area (Å²) in [5.41, 5.74) is 0. The second kappa shape index (κ2) is 3.43. The monoisotopic (exact) mass is 178 g/mol. The van der Waals surface area contributed by atoms with Gasteiger partial charge in [-0.25, -0.2) is 0 Å². The minimum absolute atomic E-state index is 0.410. The van der Waals surface area contributed by atoms with Gasteiger partial charge < -0.3 is 0 Å². The molecule has 0 aliphatic rings. The highest BCUT2D eigenvalue weighted by atomic mass is 33.1. The molecule has 1 aromatic heterocycles. The van der Waals surface area contributed by atoms with E-state index in [1.165, 1.54) is 27.2 Å². The lowest BCUT2D eigenvalue weighted by Crippen LogP contribution is -1.76. The van der Waals surface area contributed by atoms with Crippen LogP contribution in [0, 0.1) is 0 Å². The highest BCUT2D eigenvalue weighted by molar-refractivity contribution is 8.68. The molecular formula is C4H6N2S3. The van der Waals surface area contributed by atoms with Crippen LogP contribution in [-0.4, -0.2) is 9.59 Å². The van der Waals surface area contributed by atoms with E-state index in [4.69, 9.17) is 0 Å². The van der Waals surface area contributed by atoms with Crippen LogP contribution in [0.15, 0.2) is 6.20 Å². The largest absolute Gasteiger partial charge is 0.146 e. The van der Waals surface area contributed by atoms with E-state index < -0.39 is 0 Å². The summed E-state index contributed by atoms with van der Waals surface area (Å²) in [5, 5.41) is 4.12. The smallest absolute Gasteiger partial charge is 0.0664 e. The van der Waals surface area contributed by atoms with E-state index in [1.54, 1.807) is 6.20 Å². The van der Waals surface area contributed by atoms with E-state index in [0.717, 1.165) is 0 Å². The molecule has 1 aromatic rings. The maximum absolute atomic E-state index is 4.07. The van der Waals surface area contributed by atoms with Crippen molar-refractivity contribution in [2.24, 2.45) is 0 Å². The van der Waals surface area contributed by atoms with Crippen LogP contribution in [0.4, 0.5) is 0 Å². The molecule has 50 valence electrons. The first kappa shape index (κ1) is 7.37. The second-order valence-corrected chi connectivity index (χ2v) is 3.94. The molecule has 0 aromatic carbocycles. The number of hydrogen-bond acceptors (Lipinski definition) is 5. The first-order valence-electron chi connectivity index (χ1n) is 2.42. The Balaban J connectivity index is 2.65. The lowest BCUT2D eigenvalue weighted by Gasteiger charge is -1.98. The molecule has 5 heteroatoms. The van der Waals surface area contributed by atoms with E-state index >= 15 is 0 Å². The molecule has 1 unspecified atom stereocenters. The predicted octanol–water partition coefficient (Wildman–Crippen LogP) is 2.18. The van der Waals surface area contributed by atoms with Crippen molar-refractivity contribution in [1.82, 2.24) is 9.59 Å². The second-order valence-electron chi connectivity index (χ2n) is 1.57. The Morgan fingerprint density at radius 1 is 1.89 bits per heavy atom. The summed E-state index contributed by atoms with van der Waals surface area (Å²) in [7, 11) is 1.51. The van der Waals surface area contributed by atoms with Crippen LogP contribution in [0.3, 0.4) is 0 Å². The van der Waals surface area contributed by atoms with Gasteiger partial charge in [0.05, 0.1) is 11.1 Å². The summed E-state index contributed by atoms with van der Waals surface area (Å²) < 4.78 is 3.74. The number of nitrogens with zero attached hydrogens (tertiary/aromatic N) is 2. The molecule has 0 N–H and O–H groups in total. The van der Waals surface area contributed by atoms with Crippen molar-refractivity contribution in [1.29, 1.82) is 0 Å². The lowest BCUT2D eigenvalue weighted by atomic mass is 10.4. The first-order valence-corrected chi connectivity index (χ1v) is 5.12. The minimum Gasteiger partial charge on any atom is -0.146 e. The summed E-state index contributed by atoms with van der Waals surface area (Å²) in [6, 6.07) is 0. The van der Waals surface area contributed by atoms with Crippen molar-refractivity contribution in [3.8, 4) is 0 Å². The Labute approximate surface area is 67.0 Å². The van der Waals surface area contributed by atoms with Gasteiger partial charge in [-0.3, -0.25) is 0 Å². The van der Waals surface area contributed by atoms with Crippen LogP contribution in [0.1, 0.15) is 17.1 Å². The SMILES string of the molecule is CC(SS)c1cnns1. The predicted molar refractivity (Wildman–Crippen MR) is 44.9 cm³/mol. The third-order valence-corrected chi connectivity index (χ3v) is 3.45. The van der Waals surface area contributed by atoms with Gasteiger partial charge >= 0.3 is 0 Å². The summed E-state index contributed by atoms with van der Waals surface area (Å²) in [6.07, 6.45) is 1.78. The van der Waals surface area contributed by atoms with Crippen molar-refractivity contribution in [2.45, 2.75) is 12.2 Å². The van der Waals surface area contributed by atoms with Gasteiger partial charge in [0.25, 0.3) is 0 Å². The summed E-state index contributed by atoms with van der Waals surface area (Å²) in [5.74, 6) is 0. The minimum atomic E-state index is 0.410. The normalized spacial score (nSPS) is 13.6. The third-order valence-electron chi connectivity index (χ3n) is 0.937. The Morgan fingerprint density at radius 2 is 2.67 bits per heavy atom. The molecule has 1 atom stereocenters. The molecule has 0 aliphatic carbocycles. The molecule has 0 amide bonds. The Kier molecular flexibility index (Phi) is 2.81. The van der Waals surface area contributed by atoms with Gasteiger partial charge in [0.2, 0.25) is 0 Å². The Hall–Kier alpha value is 0.260. The van der Waals surface area contributed by atoms with Gasteiger partial charge in [-0.1, -0.05) is 15.3 Å². The van der Waals surface area contributed by atoms with Gasteiger partial charge in [0.15, 0.2) is 0 Å². The van der Waals surface area contributed by atoms with E-state index in [0.29, 0.717) is 5.25 Å². The molecule has 0 saturated heterocycles. The summed E-state index contributed by atoms with van der Waals surface area (Å²) in [6.45, 7) is 2.08. The molecule has 0 fully saturated rings. The fourth-order valence-electron chi connectivity index (χ4n) is 0.406. The van der Waals surface area contributed by atoms with Crippen LogP contribution in [0.5, 0.6) is 0 Å². The highest BCUT2D eigenvalue weighted by Gasteiger charge is 2.04. The molecule has 0 saturated carbocycles. The number of thiol groups is 1. The molecular weight excluding hydrogens is 172 g/mol. The zero-order valence-corrected chi connectivity index (χ0v) is 7.34. The molecule has 0 aliphatic heterocycles. The van der Waals surface area contributed by atoms with Crippen LogP contribution in [-0.2, 0) is 0 Å². The van der Waals surface area contributed by atoms with Crippen LogP contribution in [0.25, 0.3) is 0 Å². The van der Waals surface area contributed by atoms with Gasteiger partial charge in [-0.05, 0) is 18.5 Å². The summed E-state index contributed by atoms with van der Waals surface area (Å²) >= 11 is 5.49. The van der Waals surface area contributed by atoms with Crippen molar-refractivity contribution in [3.05, 3.63) is 11.1 Å². The molecule has 0 bridgehead atoms. The van der Waals surface area contributed by atoms with Crippen molar-refractivity contribution in [2.75, 3.05) is 0 Å². The Bertz CT molecular complexity index is 162. The average Bonchev–Trinajstić information content (AvgIpc) is 2.37. The van der Waals surface area contributed by atoms with E-state index in [1.807, 2.05) is 0 Å². The van der Waals surface area contributed by atoms with Crippen molar-refractivity contribution in [3.63, 3.8) is 0 Å². The fourth-order valence-corrected chi connectivity index (χ4v) is 1.83. The van der Waals surface area contributed by atoms with Crippen LogP contribution < -0.4 is 0 Å². The van der Waals surface area contributed by atoms with Crippen LogP contribution in [0.2, 0.25) is 0 Å². The van der Waals surface area contributed by atoms with E-state index in [-0.39, 0.29) is 0 Å². The molecule has 1 heterocycles. The highest BCUT2D eigenvalue weighted by Crippen LogP contribution is 2.31. The van der Waals surface area contributed by atoms with E-state index in [9.17, 15) is 0 Å². The molecule has 1 rings (SSSR count). The zero-order valence-electron chi connectivity index (χ0n) is 4.81. The number of rotatable bonds is 2. The zero-order chi connectivity index (χ0) is 6.69. The number of hydrogen-bond donors (Lipinski definition) is 1. The summed E-state index contributed by atoms with van der Waals surface area (Å²) in [4.78, 5) is 1.18. The lowest BCUT2D eigenvalue weighted by molar-refractivity contribution is 1.10. The Morgan fingerprint density at radius 3 is 3.11 bits per heavy atom. The fraction of sp³-hybridized carbons (Fsp3) is 0.500. The quantitative estimate of drug-likeness (QED) is 0.555. The van der Waals surface area contributed by atoms with Gasteiger partial charge in [-0.15, -0.1) is 16.8 Å². The maximum Gasteiger partial charge on any atom is 0.0664 e. The number of aromatic nitrogens is 2. The third kappa shape index (κ3) is 1.84. The molecule has 0 radical (unpaired) electrons. The maximum atomic E-state index is 4.07. The van der Waals surface area contributed by atoms with Crippen molar-refractivity contribution >= 4 is 34.0 Å². The standard InChI is InChI=1S/C4H6N2S3/c1-3(9-7)4-2-5-6-8-4/h2-3,7H,1H3. The van der Waals surface area contributed by atoms with Crippen molar-refractivity contribution < 1.29 is 0 Å². The molecule has 2 nitrogen and oxygen atoms in total. The average molecular weight is 178 g/mol. The van der Waals surface area contributed by atoms with Gasteiger partial charge in [0.1, 0.15) is 0 Å². The van der Waals surface area contributed by atoms with Gasteiger partial charge in [0, 0.05) is 5.25 Å². The first-order chi connectivity index (χ1) is 4.34. The van der Waals surface area contributed by atoms with E-state index in [2.05, 4.69) is 28.2 Å². The molecule has 9 heavy (non-hydrogen) atoms. The van der Waals surface area contributed by atoms with Crippen LogP contribution >= 0.6 is 34.0 Å². The molecule has 0 spiro atoms.